The molecule has 23 heavy (non-hydrogen) atoms. The van der Waals surface area contributed by atoms with Crippen molar-refractivity contribution < 1.29 is 13.0 Å². The molecular weight excluding hydrogens is 308 g/mol. The Labute approximate surface area is 143 Å². The van der Waals surface area contributed by atoms with Crippen molar-refractivity contribution in [3.8, 4) is 0 Å². The van der Waals surface area contributed by atoms with Gasteiger partial charge in [0.05, 0.1) is 5.75 Å². The van der Waals surface area contributed by atoms with Gasteiger partial charge in [0, 0.05) is 0 Å². The number of hydrogen-bond donors (Lipinski definition) is 1. The lowest BCUT2D eigenvalue weighted by atomic mass is 10.1. The van der Waals surface area contributed by atoms with Crippen LogP contribution in [0.15, 0.2) is 36.5 Å². The maximum Gasteiger partial charge on any atom is 0.264 e. The van der Waals surface area contributed by atoms with Crippen LogP contribution < -0.4 is 0 Å². The number of rotatable bonds is 15. The zero-order valence-corrected chi connectivity index (χ0v) is 15.4. The Morgan fingerprint density at radius 1 is 0.696 bits per heavy atom. The molecule has 0 saturated carbocycles. The average molecular weight is 343 g/mol. The van der Waals surface area contributed by atoms with Crippen LogP contribution >= 0.6 is 0 Å². The van der Waals surface area contributed by atoms with E-state index in [0.717, 1.165) is 44.9 Å². The molecule has 0 aromatic rings. The van der Waals surface area contributed by atoms with E-state index in [1.54, 1.807) is 0 Å². The second kappa shape index (κ2) is 16.0. The molecule has 0 amide bonds. The third-order valence-electron chi connectivity index (χ3n) is 3.55. The van der Waals surface area contributed by atoms with Crippen molar-refractivity contribution in [3.63, 3.8) is 0 Å². The average Bonchev–Trinajstić information content (AvgIpc) is 2.49. The van der Waals surface area contributed by atoms with Crippen molar-refractivity contribution >= 4 is 10.1 Å². The van der Waals surface area contributed by atoms with E-state index in [2.05, 4.69) is 43.4 Å². The lowest BCUT2D eigenvalue weighted by Crippen LogP contribution is -2.03. The highest BCUT2D eigenvalue weighted by Crippen LogP contribution is 2.09. The second-order valence-electron chi connectivity index (χ2n) is 5.84. The monoisotopic (exact) mass is 342 g/mol. The summed E-state index contributed by atoms with van der Waals surface area (Å²) in [7, 11) is -3.76. The van der Waals surface area contributed by atoms with Crippen LogP contribution in [0, 0.1) is 0 Å². The molecule has 0 bridgehead atoms. The summed E-state index contributed by atoms with van der Waals surface area (Å²) >= 11 is 0. The van der Waals surface area contributed by atoms with Gasteiger partial charge in [-0.1, -0.05) is 75.5 Å². The Kier molecular flexibility index (Phi) is 15.4. The van der Waals surface area contributed by atoms with Crippen molar-refractivity contribution in [2.75, 3.05) is 5.75 Å². The van der Waals surface area contributed by atoms with Gasteiger partial charge in [0.1, 0.15) is 0 Å². The van der Waals surface area contributed by atoms with E-state index < -0.39 is 10.1 Å². The molecule has 0 radical (unpaired) electrons. The van der Waals surface area contributed by atoms with Crippen molar-refractivity contribution in [2.24, 2.45) is 0 Å². The summed E-state index contributed by atoms with van der Waals surface area (Å²) in [6.45, 7) is 2.15. The lowest BCUT2D eigenvalue weighted by Gasteiger charge is -2.00. The molecule has 3 nitrogen and oxygen atoms in total. The van der Waals surface area contributed by atoms with E-state index >= 15 is 0 Å². The van der Waals surface area contributed by atoms with E-state index in [9.17, 15) is 8.42 Å². The van der Waals surface area contributed by atoms with Crippen molar-refractivity contribution in [2.45, 2.75) is 77.6 Å². The molecule has 0 aromatic heterocycles. The van der Waals surface area contributed by atoms with E-state index in [-0.39, 0.29) is 5.75 Å². The van der Waals surface area contributed by atoms with E-state index in [1.807, 2.05) is 0 Å². The summed E-state index contributed by atoms with van der Waals surface area (Å²) < 4.78 is 29.7. The Hall–Kier alpha value is -0.870. The zero-order chi connectivity index (χ0) is 17.2. The summed E-state index contributed by atoms with van der Waals surface area (Å²) in [4.78, 5) is 0. The van der Waals surface area contributed by atoms with Gasteiger partial charge in [-0.2, -0.15) is 8.42 Å². The minimum absolute atomic E-state index is 0.0961. The molecule has 134 valence electrons. The van der Waals surface area contributed by atoms with Crippen LogP contribution in [-0.4, -0.2) is 18.7 Å². The van der Waals surface area contributed by atoms with Gasteiger partial charge in [0.25, 0.3) is 10.1 Å². The molecule has 0 spiro atoms. The molecular formula is C19H34O3S. The topological polar surface area (TPSA) is 54.4 Å². The van der Waals surface area contributed by atoms with Gasteiger partial charge in [-0.05, 0) is 38.5 Å². The smallest absolute Gasteiger partial charge is 0.264 e. The Bertz CT molecular complexity index is 434. The Morgan fingerprint density at radius 2 is 1.17 bits per heavy atom. The molecule has 4 heteroatoms. The quantitative estimate of drug-likeness (QED) is 0.230. The molecule has 0 atom stereocenters. The highest BCUT2D eigenvalue weighted by atomic mass is 32.2. The molecule has 0 aliphatic rings. The largest absolute Gasteiger partial charge is 0.286 e. The molecule has 0 aliphatic carbocycles. The summed E-state index contributed by atoms with van der Waals surface area (Å²) in [5, 5.41) is 0. The van der Waals surface area contributed by atoms with Crippen molar-refractivity contribution in [3.05, 3.63) is 36.5 Å². The molecule has 0 fully saturated rings. The van der Waals surface area contributed by atoms with Gasteiger partial charge >= 0.3 is 0 Å². The molecule has 0 heterocycles. The maximum atomic E-state index is 10.5. The summed E-state index contributed by atoms with van der Waals surface area (Å²) in [6.07, 6.45) is 25.0. The van der Waals surface area contributed by atoms with Crippen LogP contribution in [0.25, 0.3) is 0 Å². The van der Waals surface area contributed by atoms with Crippen LogP contribution in [0.2, 0.25) is 0 Å². The normalized spacial score (nSPS) is 13.0. The number of allylic oxidation sites excluding steroid dienone is 6. The van der Waals surface area contributed by atoms with Crippen molar-refractivity contribution in [1.82, 2.24) is 0 Å². The highest BCUT2D eigenvalue weighted by molar-refractivity contribution is 7.85. The fourth-order valence-electron chi connectivity index (χ4n) is 2.26. The third kappa shape index (κ3) is 21.1. The van der Waals surface area contributed by atoms with E-state index in [1.165, 1.54) is 19.3 Å². The summed E-state index contributed by atoms with van der Waals surface area (Å²) in [5.41, 5.74) is 0. The van der Waals surface area contributed by atoms with Gasteiger partial charge < -0.3 is 0 Å². The number of hydrogen-bond acceptors (Lipinski definition) is 2. The number of unbranched alkanes of at least 4 members (excludes halogenated alkanes) is 7. The van der Waals surface area contributed by atoms with Gasteiger partial charge in [0.2, 0.25) is 0 Å². The first-order valence-electron chi connectivity index (χ1n) is 8.96. The summed E-state index contributed by atoms with van der Waals surface area (Å²) in [6, 6.07) is 0. The molecule has 0 rings (SSSR count). The molecule has 1 N–H and O–H groups in total. The molecule has 0 unspecified atom stereocenters. The van der Waals surface area contributed by atoms with Crippen molar-refractivity contribution in [1.29, 1.82) is 0 Å². The van der Waals surface area contributed by atoms with Crippen LogP contribution in [-0.2, 0) is 10.1 Å². The van der Waals surface area contributed by atoms with E-state index in [0.29, 0.717) is 6.42 Å². The lowest BCUT2D eigenvalue weighted by molar-refractivity contribution is 0.478. The first-order valence-corrected chi connectivity index (χ1v) is 10.6. The highest BCUT2D eigenvalue weighted by Gasteiger charge is 2.02. The van der Waals surface area contributed by atoms with Gasteiger partial charge in [0.15, 0.2) is 0 Å². The fourth-order valence-corrected chi connectivity index (χ4v) is 2.83. The predicted octanol–water partition coefficient (Wildman–Crippen LogP) is 5.85. The third-order valence-corrected chi connectivity index (χ3v) is 4.36. The predicted molar refractivity (Wildman–Crippen MR) is 100 cm³/mol. The zero-order valence-electron chi connectivity index (χ0n) is 14.6. The minimum atomic E-state index is -3.76. The first-order chi connectivity index (χ1) is 11.1. The second-order valence-corrected chi connectivity index (χ2v) is 7.42. The van der Waals surface area contributed by atoms with Crippen LogP contribution in [0.1, 0.15) is 77.6 Å². The summed E-state index contributed by atoms with van der Waals surface area (Å²) in [5.74, 6) is -0.0961. The standard InChI is InChI=1S/C19H34O3S/c1-2-3-4-5-6-7-8-9-10-11-12-13-14-15-16-17-18-19-23(20,21)22/h3-4,6-7,9-10H,2,5,8,11-19H2,1H3,(H,20,21,22). The van der Waals surface area contributed by atoms with Crippen LogP contribution in [0.4, 0.5) is 0 Å². The van der Waals surface area contributed by atoms with Crippen LogP contribution in [0.5, 0.6) is 0 Å². The Morgan fingerprint density at radius 3 is 1.74 bits per heavy atom. The fraction of sp³-hybridized carbons (Fsp3) is 0.684. The van der Waals surface area contributed by atoms with Gasteiger partial charge in [-0.3, -0.25) is 4.55 Å². The van der Waals surface area contributed by atoms with Gasteiger partial charge in [-0.25, -0.2) is 0 Å². The molecule has 0 aromatic carbocycles. The van der Waals surface area contributed by atoms with Gasteiger partial charge in [-0.15, -0.1) is 0 Å². The first kappa shape index (κ1) is 22.1. The minimum Gasteiger partial charge on any atom is -0.286 e. The van der Waals surface area contributed by atoms with E-state index in [4.69, 9.17) is 4.55 Å². The Balaban J connectivity index is 3.26. The maximum absolute atomic E-state index is 10.5. The van der Waals surface area contributed by atoms with Crippen LogP contribution in [0.3, 0.4) is 0 Å². The molecule has 0 saturated heterocycles. The molecule has 0 aliphatic heterocycles. The SMILES string of the molecule is CCC=CCC=CCC=CCCCCCCCCCS(=O)(=O)O.